The lowest BCUT2D eigenvalue weighted by Crippen LogP contribution is -2.27. The van der Waals surface area contributed by atoms with Crippen molar-refractivity contribution in [3.63, 3.8) is 0 Å². The lowest BCUT2D eigenvalue weighted by atomic mass is 9.96. The quantitative estimate of drug-likeness (QED) is 0.772. The first-order valence-electron chi connectivity index (χ1n) is 7.40. The molecule has 1 aromatic carbocycles. The summed E-state index contributed by atoms with van der Waals surface area (Å²) in [7, 11) is 1.66. The lowest BCUT2D eigenvalue weighted by Gasteiger charge is -2.30. The van der Waals surface area contributed by atoms with Crippen molar-refractivity contribution in [1.29, 1.82) is 0 Å². The summed E-state index contributed by atoms with van der Waals surface area (Å²) in [6.07, 6.45) is 2.45. The van der Waals surface area contributed by atoms with Gasteiger partial charge in [0, 0.05) is 6.42 Å². The molecule has 0 aliphatic carbocycles. The van der Waals surface area contributed by atoms with Gasteiger partial charge in [-0.2, -0.15) is 4.98 Å². The largest absolute Gasteiger partial charge is 0.497 e. The van der Waals surface area contributed by atoms with Crippen LogP contribution in [-0.4, -0.2) is 21.9 Å². The summed E-state index contributed by atoms with van der Waals surface area (Å²) in [4.78, 5) is 4.27. The molecule has 23 heavy (non-hydrogen) atoms. The SMILES string of the molecule is COc1ccc([C@@H]2C[C@H](c3ccco3)n3nc(N)nc3N2)cc1. The molecule has 3 N–H and O–H groups in total. The van der Waals surface area contributed by atoms with E-state index in [4.69, 9.17) is 14.9 Å². The first-order valence-corrected chi connectivity index (χ1v) is 7.40. The van der Waals surface area contributed by atoms with Crippen LogP contribution < -0.4 is 15.8 Å². The maximum Gasteiger partial charge on any atom is 0.241 e. The molecule has 0 radical (unpaired) electrons. The number of aromatic nitrogens is 3. The molecule has 4 rings (SSSR count). The summed E-state index contributed by atoms with van der Waals surface area (Å²) in [6.45, 7) is 0. The van der Waals surface area contributed by atoms with E-state index in [-0.39, 0.29) is 18.0 Å². The third-order valence-corrected chi connectivity index (χ3v) is 4.09. The molecule has 0 amide bonds. The number of methoxy groups -OCH3 is 1. The first-order chi connectivity index (χ1) is 11.2. The van der Waals surface area contributed by atoms with Gasteiger partial charge >= 0.3 is 0 Å². The number of hydrogen-bond donors (Lipinski definition) is 2. The van der Waals surface area contributed by atoms with E-state index in [1.807, 2.05) is 36.4 Å². The Balaban J connectivity index is 1.71. The molecule has 0 spiro atoms. The van der Waals surface area contributed by atoms with Gasteiger partial charge in [-0.15, -0.1) is 5.10 Å². The van der Waals surface area contributed by atoms with Crippen molar-refractivity contribution in [3.8, 4) is 5.75 Å². The standard InChI is InChI=1S/C16H17N5O2/c1-22-11-6-4-10(5-7-11)12-9-13(14-3-2-8-23-14)21-16(18-12)19-15(17)20-21/h2-8,12-13H,9H2,1H3,(H3,17,18,19,20)/t12-,13+/m0/s1. The zero-order chi connectivity index (χ0) is 15.8. The highest BCUT2D eigenvalue weighted by atomic mass is 16.5. The predicted molar refractivity (Wildman–Crippen MR) is 85.3 cm³/mol. The van der Waals surface area contributed by atoms with Gasteiger partial charge in [0.2, 0.25) is 11.9 Å². The van der Waals surface area contributed by atoms with Crippen LogP contribution in [0.4, 0.5) is 11.9 Å². The van der Waals surface area contributed by atoms with E-state index in [0.29, 0.717) is 5.95 Å². The molecule has 7 nitrogen and oxygen atoms in total. The number of fused-ring (bicyclic) bond motifs is 1. The van der Waals surface area contributed by atoms with E-state index in [2.05, 4.69) is 15.4 Å². The Morgan fingerprint density at radius 1 is 1.30 bits per heavy atom. The van der Waals surface area contributed by atoms with Gasteiger partial charge in [-0.05, 0) is 29.8 Å². The minimum absolute atomic E-state index is 0.0434. The van der Waals surface area contributed by atoms with Crippen molar-refractivity contribution >= 4 is 11.9 Å². The fraction of sp³-hybridized carbons (Fsp3) is 0.250. The van der Waals surface area contributed by atoms with Crippen molar-refractivity contribution in [2.45, 2.75) is 18.5 Å². The molecule has 0 bridgehead atoms. The minimum Gasteiger partial charge on any atom is -0.497 e. The Bertz CT molecular complexity index is 795. The highest BCUT2D eigenvalue weighted by Crippen LogP contribution is 2.38. The molecule has 1 aliphatic heterocycles. The van der Waals surface area contributed by atoms with Crippen molar-refractivity contribution in [1.82, 2.24) is 14.8 Å². The Labute approximate surface area is 133 Å². The molecule has 0 saturated carbocycles. The highest BCUT2D eigenvalue weighted by molar-refractivity contribution is 5.41. The fourth-order valence-electron chi connectivity index (χ4n) is 2.97. The van der Waals surface area contributed by atoms with Crippen molar-refractivity contribution < 1.29 is 9.15 Å². The number of nitrogens with two attached hydrogens (primary N) is 1. The Kier molecular flexibility index (Phi) is 3.18. The molecule has 0 saturated heterocycles. The molecule has 0 unspecified atom stereocenters. The summed E-state index contributed by atoms with van der Waals surface area (Å²) in [5.74, 6) is 2.58. The van der Waals surface area contributed by atoms with Crippen molar-refractivity contribution in [2.24, 2.45) is 0 Å². The third kappa shape index (κ3) is 2.40. The van der Waals surface area contributed by atoms with Crippen LogP contribution in [0.1, 0.15) is 29.8 Å². The monoisotopic (exact) mass is 311 g/mol. The molecule has 1 aliphatic rings. The van der Waals surface area contributed by atoms with Gasteiger partial charge in [0.05, 0.1) is 19.4 Å². The zero-order valence-corrected chi connectivity index (χ0v) is 12.6. The van der Waals surface area contributed by atoms with Crippen LogP contribution in [0.3, 0.4) is 0 Å². The van der Waals surface area contributed by atoms with Crippen LogP contribution in [0.2, 0.25) is 0 Å². The molecule has 7 heteroatoms. The number of nitrogens with one attached hydrogen (secondary N) is 1. The number of anilines is 2. The average molecular weight is 311 g/mol. The second kappa shape index (κ2) is 5.35. The van der Waals surface area contributed by atoms with Gasteiger partial charge in [-0.25, -0.2) is 4.68 Å². The second-order valence-corrected chi connectivity index (χ2v) is 5.48. The fourth-order valence-corrected chi connectivity index (χ4v) is 2.97. The van der Waals surface area contributed by atoms with E-state index in [1.165, 1.54) is 0 Å². The predicted octanol–water partition coefficient (Wildman–Crippen LogP) is 2.61. The van der Waals surface area contributed by atoms with Gasteiger partial charge in [0.1, 0.15) is 17.6 Å². The molecular weight excluding hydrogens is 294 g/mol. The number of nitrogen functional groups attached to an aromatic ring is 1. The molecular formula is C16H17N5O2. The van der Waals surface area contributed by atoms with Crippen LogP contribution in [0.25, 0.3) is 0 Å². The van der Waals surface area contributed by atoms with Gasteiger partial charge in [0.25, 0.3) is 0 Å². The van der Waals surface area contributed by atoms with Crippen LogP contribution >= 0.6 is 0 Å². The summed E-state index contributed by atoms with van der Waals surface area (Å²) in [6, 6.07) is 11.9. The van der Waals surface area contributed by atoms with Crippen LogP contribution in [-0.2, 0) is 0 Å². The lowest BCUT2D eigenvalue weighted by molar-refractivity contribution is 0.358. The minimum atomic E-state index is -0.0434. The molecule has 118 valence electrons. The van der Waals surface area contributed by atoms with Crippen molar-refractivity contribution in [2.75, 3.05) is 18.2 Å². The first kappa shape index (κ1) is 13.7. The summed E-state index contributed by atoms with van der Waals surface area (Å²) in [5.41, 5.74) is 6.91. The molecule has 0 fully saturated rings. The van der Waals surface area contributed by atoms with Gasteiger partial charge < -0.3 is 20.2 Å². The summed E-state index contributed by atoms with van der Waals surface area (Å²) < 4.78 is 12.6. The van der Waals surface area contributed by atoms with Crippen LogP contribution in [0.15, 0.2) is 47.1 Å². The van der Waals surface area contributed by atoms with E-state index in [1.54, 1.807) is 18.1 Å². The third-order valence-electron chi connectivity index (χ3n) is 4.09. The molecule has 3 heterocycles. The number of nitrogens with zero attached hydrogens (tertiary/aromatic N) is 3. The van der Waals surface area contributed by atoms with Crippen LogP contribution in [0, 0.1) is 0 Å². The average Bonchev–Trinajstić information content (AvgIpc) is 3.22. The number of rotatable bonds is 3. The van der Waals surface area contributed by atoms with Gasteiger partial charge in [-0.3, -0.25) is 0 Å². The van der Waals surface area contributed by atoms with Crippen LogP contribution in [0.5, 0.6) is 5.75 Å². The summed E-state index contributed by atoms with van der Waals surface area (Å²) >= 11 is 0. The zero-order valence-electron chi connectivity index (χ0n) is 12.6. The van der Waals surface area contributed by atoms with E-state index in [9.17, 15) is 0 Å². The smallest absolute Gasteiger partial charge is 0.241 e. The molecule has 2 aromatic heterocycles. The Morgan fingerprint density at radius 3 is 2.83 bits per heavy atom. The van der Waals surface area contributed by atoms with E-state index >= 15 is 0 Å². The van der Waals surface area contributed by atoms with Crippen molar-refractivity contribution in [3.05, 3.63) is 54.0 Å². The molecule has 3 aromatic rings. The number of ether oxygens (including phenoxy) is 1. The van der Waals surface area contributed by atoms with Gasteiger partial charge in [-0.1, -0.05) is 12.1 Å². The van der Waals surface area contributed by atoms with Gasteiger partial charge in [0.15, 0.2) is 0 Å². The second-order valence-electron chi connectivity index (χ2n) is 5.48. The highest BCUT2D eigenvalue weighted by Gasteiger charge is 2.32. The topological polar surface area (TPSA) is 91.1 Å². The number of benzene rings is 1. The van der Waals surface area contributed by atoms with E-state index in [0.717, 1.165) is 23.5 Å². The van der Waals surface area contributed by atoms with E-state index < -0.39 is 0 Å². The Hall–Kier alpha value is -2.96. The number of hydrogen-bond acceptors (Lipinski definition) is 6. The maximum absolute atomic E-state index is 5.77. The molecule has 2 atom stereocenters. The maximum atomic E-state index is 5.77. The Morgan fingerprint density at radius 2 is 2.13 bits per heavy atom. The summed E-state index contributed by atoms with van der Waals surface area (Å²) in [5, 5.41) is 7.68. The number of furan rings is 1. The normalized spacial score (nSPS) is 19.9.